The molecule has 0 saturated heterocycles. The standard InChI is InChI=1S/C53H35N3/c1-4-14-42-38(11-1)30-48(46-18-8-6-16-44(42)46)35-23-25-36(26-24-35)51-32-52(49-31-39-12-2-5-15-43(39)45-17-7-9-19-47(45)49)56-53(55-51)37-27-21-34(22-28-37)41-29-40-13-3-10-20-50(40)54-33-41/h1-33,38,42H. The summed E-state index contributed by atoms with van der Waals surface area (Å²) < 4.78 is 0. The third-order valence-electron chi connectivity index (χ3n) is 11.5. The first kappa shape index (κ1) is 32.2. The summed E-state index contributed by atoms with van der Waals surface area (Å²) in [5.74, 6) is 1.41. The number of benzene rings is 7. The van der Waals surface area contributed by atoms with E-state index in [-0.39, 0.29) is 0 Å². The van der Waals surface area contributed by atoms with Crippen LogP contribution in [0, 0.1) is 5.92 Å². The Labute approximate surface area is 325 Å². The SMILES string of the molecule is C1=CC2C=C(c3ccc(-c4cc(-c5cc6ccccc6c6ccccc56)nc(-c5ccc(-c6cnc7ccccc7c6)cc5)n4)cc3)c3ccccc3C2C=C1. The second-order valence-corrected chi connectivity index (χ2v) is 14.8. The number of hydrogen-bond acceptors (Lipinski definition) is 3. The van der Waals surface area contributed by atoms with Crippen LogP contribution in [-0.4, -0.2) is 15.0 Å². The molecule has 0 saturated carbocycles. The van der Waals surface area contributed by atoms with Gasteiger partial charge in [-0.25, -0.2) is 9.97 Å². The van der Waals surface area contributed by atoms with Crippen LogP contribution < -0.4 is 0 Å². The van der Waals surface area contributed by atoms with E-state index in [1.54, 1.807) is 0 Å². The zero-order valence-corrected chi connectivity index (χ0v) is 30.5. The van der Waals surface area contributed by atoms with Gasteiger partial charge in [-0.2, -0.15) is 0 Å². The number of hydrogen-bond donors (Lipinski definition) is 0. The molecule has 2 aliphatic carbocycles. The predicted octanol–water partition coefficient (Wildman–Crippen LogP) is 13.3. The minimum atomic E-state index is 0.345. The van der Waals surface area contributed by atoms with Crippen LogP contribution in [0.2, 0.25) is 0 Å². The van der Waals surface area contributed by atoms with Crippen LogP contribution in [0.4, 0.5) is 0 Å². The number of aromatic nitrogens is 3. The third-order valence-corrected chi connectivity index (χ3v) is 11.5. The molecule has 3 nitrogen and oxygen atoms in total. The van der Waals surface area contributed by atoms with Crippen LogP contribution in [0.5, 0.6) is 0 Å². The van der Waals surface area contributed by atoms with Gasteiger partial charge in [0, 0.05) is 45.7 Å². The van der Waals surface area contributed by atoms with E-state index < -0.39 is 0 Å². The van der Waals surface area contributed by atoms with E-state index in [1.165, 1.54) is 43.8 Å². The van der Waals surface area contributed by atoms with Crippen LogP contribution in [-0.2, 0) is 0 Å². The molecule has 262 valence electrons. The van der Waals surface area contributed by atoms with Gasteiger partial charge in [0.15, 0.2) is 5.82 Å². The fourth-order valence-corrected chi connectivity index (χ4v) is 8.65. The molecular weight excluding hydrogens is 679 g/mol. The highest BCUT2D eigenvalue weighted by molar-refractivity contribution is 6.13. The van der Waals surface area contributed by atoms with Crippen molar-refractivity contribution in [1.29, 1.82) is 0 Å². The van der Waals surface area contributed by atoms with Gasteiger partial charge in [0.1, 0.15) is 0 Å². The summed E-state index contributed by atoms with van der Waals surface area (Å²) in [6.07, 6.45) is 13.4. The summed E-state index contributed by atoms with van der Waals surface area (Å²) in [6, 6.07) is 58.4. The fraction of sp³-hybridized carbons (Fsp3) is 0.0377. The Kier molecular flexibility index (Phi) is 7.63. The first-order valence-electron chi connectivity index (χ1n) is 19.3. The quantitative estimate of drug-likeness (QED) is 0.167. The molecule has 2 atom stereocenters. The first-order valence-corrected chi connectivity index (χ1v) is 19.3. The molecule has 0 amide bonds. The average molecular weight is 714 g/mol. The molecule has 7 aromatic carbocycles. The molecule has 0 aliphatic heterocycles. The molecule has 0 N–H and O–H groups in total. The van der Waals surface area contributed by atoms with Crippen molar-refractivity contribution in [3.8, 4) is 45.0 Å². The van der Waals surface area contributed by atoms with Gasteiger partial charge in [-0.1, -0.05) is 170 Å². The van der Waals surface area contributed by atoms with Crippen molar-refractivity contribution >= 4 is 38.0 Å². The Bertz CT molecular complexity index is 3080. The Hall–Kier alpha value is -7.23. The van der Waals surface area contributed by atoms with Crippen LogP contribution in [0.15, 0.2) is 200 Å². The highest BCUT2D eigenvalue weighted by Crippen LogP contribution is 2.44. The van der Waals surface area contributed by atoms with Gasteiger partial charge >= 0.3 is 0 Å². The van der Waals surface area contributed by atoms with E-state index in [2.05, 4.69) is 182 Å². The van der Waals surface area contributed by atoms with Crippen molar-refractivity contribution in [3.05, 3.63) is 217 Å². The summed E-state index contributed by atoms with van der Waals surface area (Å²) >= 11 is 0. The average Bonchev–Trinajstić information content (AvgIpc) is 3.28. The molecule has 2 aromatic heterocycles. The summed E-state index contributed by atoms with van der Waals surface area (Å²) in [7, 11) is 0. The van der Waals surface area contributed by atoms with E-state index in [0.29, 0.717) is 17.7 Å². The fourth-order valence-electron chi connectivity index (χ4n) is 8.65. The largest absolute Gasteiger partial charge is 0.256 e. The van der Waals surface area contributed by atoms with E-state index in [9.17, 15) is 0 Å². The third kappa shape index (κ3) is 5.56. The summed E-state index contributed by atoms with van der Waals surface area (Å²) in [5.41, 5.74) is 13.2. The summed E-state index contributed by atoms with van der Waals surface area (Å²) in [5, 5.41) is 5.93. The van der Waals surface area contributed by atoms with Crippen LogP contribution in [0.25, 0.3) is 83.1 Å². The second kappa shape index (κ2) is 13.3. The van der Waals surface area contributed by atoms with Gasteiger partial charge in [-0.3, -0.25) is 4.98 Å². The molecule has 56 heavy (non-hydrogen) atoms. The van der Waals surface area contributed by atoms with E-state index in [1.807, 2.05) is 18.3 Å². The van der Waals surface area contributed by atoms with Crippen molar-refractivity contribution in [1.82, 2.24) is 15.0 Å². The van der Waals surface area contributed by atoms with Crippen molar-refractivity contribution < 1.29 is 0 Å². The molecule has 0 bridgehead atoms. The van der Waals surface area contributed by atoms with Gasteiger partial charge in [0.05, 0.1) is 16.9 Å². The molecular formula is C53H35N3. The molecule has 11 rings (SSSR count). The molecule has 0 fully saturated rings. The minimum absolute atomic E-state index is 0.345. The normalized spacial score (nSPS) is 15.8. The number of fused-ring (bicyclic) bond motifs is 7. The maximum atomic E-state index is 5.31. The Morgan fingerprint density at radius 2 is 1.09 bits per heavy atom. The second-order valence-electron chi connectivity index (χ2n) is 14.8. The van der Waals surface area contributed by atoms with Crippen molar-refractivity contribution in [2.45, 2.75) is 5.92 Å². The van der Waals surface area contributed by atoms with E-state index in [0.717, 1.165) is 50.1 Å². The van der Waals surface area contributed by atoms with E-state index in [4.69, 9.17) is 15.0 Å². The summed E-state index contributed by atoms with van der Waals surface area (Å²) in [4.78, 5) is 15.3. The Balaban J connectivity index is 1.03. The van der Waals surface area contributed by atoms with Gasteiger partial charge in [0.25, 0.3) is 0 Å². The van der Waals surface area contributed by atoms with Gasteiger partial charge in [0.2, 0.25) is 0 Å². The molecule has 2 unspecified atom stereocenters. The number of nitrogens with zero attached hydrogens (tertiary/aromatic N) is 3. The number of rotatable bonds is 5. The first-order chi connectivity index (χ1) is 27.7. The maximum Gasteiger partial charge on any atom is 0.160 e. The van der Waals surface area contributed by atoms with Crippen LogP contribution in [0.1, 0.15) is 22.6 Å². The van der Waals surface area contributed by atoms with Crippen LogP contribution in [0.3, 0.4) is 0 Å². The topological polar surface area (TPSA) is 38.7 Å². The zero-order valence-electron chi connectivity index (χ0n) is 30.5. The van der Waals surface area contributed by atoms with Gasteiger partial charge in [-0.15, -0.1) is 0 Å². The smallest absolute Gasteiger partial charge is 0.160 e. The highest BCUT2D eigenvalue weighted by Gasteiger charge is 2.28. The number of allylic oxidation sites excluding steroid dienone is 5. The van der Waals surface area contributed by atoms with Gasteiger partial charge < -0.3 is 0 Å². The highest BCUT2D eigenvalue weighted by atomic mass is 14.9. The molecule has 2 heterocycles. The monoisotopic (exact) mass is 713 g/mol. The molecule has 0 radical (unpaired) electrons. The molecule has 0 spiro atoms. The summed E-state index contributed by atoms with van der Waals surface area (Å²) in [6.45, 7) is 0. The predicted molar refractivity (Wildman–Crippen MR) is 232 cm³/mol. The maximum absolute atomic E-state index is 5.31. The van der Waals surface area contributed by atoms with Gasteiger partial charge in [-0.05, 0) is 73.6 Å². The van der Waals surface area contributed by atoms with Crippen LogP contribution >= 0.6 is 0 Å². The van der Waals surface area contributed by atoms with Crippen molar-refractivity contribution in [2.24, 2.45) is 5.92 Å². The number of pyridine rings is 1. The number of para-hydroxylation sites is 1. The van der Waals surface area contributed by atoms with Crippen molar-refractivity contribution in [3.63, 3.8) is 0 Å². The molecule has 2 aliphatic rings. The zero-order chi connectivity index (χ0) is 37.0. The lowest BCUT2D eigenvalue weighted by Gasteiger charge is -2.31. The Morgan fingerprint density at radius 1 is 0.429 bits per heavy atom. The Morgan fingerprint density at radius 3 is 1.96 bits per heavy atom. The van der Waals surface area contributed by atoms with E-state index >= 15 is 0 Å². The lowest BCUT2D eigenvalue weighted by atomic mass is 9.73. The molecule has 9 aromatic rings. The van der Waals surface area contributed by atoms with Crippen molar-refractivity contribution in [2.75, 3.05) is 0 Å². The lowest BCUT2D eigenvalue weighted by molar-refractivity contribution is 0.689. The lowest BCUT2D eigenvalue weighted by Crippen LogP contribution is -2.16. The molecule has 3 heteroatoms. The minimum Gasteiger partial charge on any atom is -0.256 e.